The lowest BCUT2D eigenvalue weighted by molar-refractivity contribution is -0.156. The molecule has 0 amide bonds. The van der Waals surface area contributed by atoms with Crippen molar-refractivity contribution in [1.29, 1.82) is 0 Å². The molecule has 1 aliphatic rings. The lowest BCUT2D eigenvalue weighted by atomic mass is 10.3. The van der Waals surface area contributed by atoms with Crippen molar-refractivity contribution in [1.82, 2.24) is 9.80 Å². The summed E-state index contributed by atoms with van der Waals surface area (Å²) in [7, 11) is 3.53. The van der Waals surface area contributed by atoms with E-state index in [4.69, 9.17) is 4.74 Å². The van der Waals surface area contributed by atoms with Gasteiger partial charge >= 0.3 is 5.97 Å². The summed E-state index contributed by atoms with van der Waals surface area (Å²) in [5.41, 5.74) is 0. The molecule has 0 aliphatic carbocycles. The highest BCUT2D eigenvalue weighted by atomic mass is 16.6. The third kappa shape index (κ3) is 5.45. The third-order valence-corrected chi connectivity index (χ3v) is 2.84. The van der Waals surface area contributed by atoms with E-state index in [0.717, 1.165) is 32.7 Å². The second-order valence-electron chi connectivity index (χ2n) is 4.28. The molecule has 6 heteroatoms. The van der Waals surface area contributed by atoms with Gasteiger partial charge in [0.2, 0.25) is 0 Å². The quantitative estimate of drug-likeness (QED) is 0.593. The minimum absolute atomic E-state index is 0.0205. The highest BCUT2D eigenvalue weighted by molar-refractivity contribution is 5.74. The summed E-state index contributed by atoms with van der Waals surface area (Å²) in [6.45, 7) is 5.10. The lowest BCUT2D eigenvalue weighted by Gasteiger charge is -2.32. The third-order valence-electron chi connectivity index (χ3n) is 2.84. The summed E-state index contributed by atoms with van der Waals surface area (Å²) in [4.78, 5) is 15.8. The molecule has 1 heterocycles. The molecular formula is C11H22N2O4. The number of methoxy groups -OCH3 is 1. The first-order chi connectivity index (χ1) is 8.13. The second kappa shape index (κ2) is 7.60. The first-order valence-electron chi connectivity index (χ1n) is 5.88. The molecule has 0 bridgehead atoms. The van der Waals surface area contributed by atoms with Crippen LogP contribution in [0.3, 0.4) is 0 Å². The zero-order valence-corrected chi connectivity index (χ0v) is 10.6. The number of ether oxygens (including phenoxy) is 2. The number of nitrogens with zero attached hydrogens (tertiary/aromatic N) is 2. The molecule has 6 nitrogen and oxygen atoms in total. The molecular weight excluding hydrogens is 224 g/mol. The summed E-state index contributed by atoms with van der Waals surface area (Å²) < 4.78 is 9.63. The predicted molar refractivity (Wildman–Crippen MR) is 62.8 cm³/mol. The lowest BCUT2D eigenvalue weighted by Crippen LogP contribution is -2.45. The van der Waals surface area contributed by atoms with E-state index in [0.29, 0.717) is 6.61 Å². The minimum Gasteiger partial charge on any atom is -0.462 e. The fourth-order valence-electron chi connectivity index (χ4n) is 1.67. The average molecular weight is 246 g/mol. The Kier molecular flexibility index (Phi) is 6.43. The molecule has 17 heavy (non-hydrogen) atoms. The highest BCUT2D eigenvalue weighted by Gasteiger charge is 2.17. The van der Waals surface area contributed by atoms with Crippen LogP contribution in [0.1, 0.15) is 0 Å². The van der Waals surface area contributed by atoms with Gasteiger partial charge in [-0.1, -0.05) is 0 Å². The Bertz CT molecular complexity index is 230. The zero-order chi connectivity index (χ0) is 12.7. The van der Waals surface area contributed by atoms with Gasteiger partial charge in [-0.25, -0.2) is 4.79 Å². The molecule has 0 aromatic heterocycles. The number of esters is 1. The van der Waals surface area contributed by atoms with Crippen LogP contribution in [0.15, 0.2) is 0 Å². The first kappa shape index (κ1) is 14.4. The van der Waals surface area contributed by atoms with Gasteiger partial charge in [-0.2, -0.15) is 0 Å². The molecule has 1 N–H and O–H groups in total. The number of hydrogen-bond acceptors (Lipinski definition) is 6. The maximum Gasteiger partial charge on any atom is 0.337 e. The molecule has 100 valence electrons. The molecule has 0 spiro atoms. The van der Waals surface area contributed by atoms with Crippen LogP contribution in [-0.2, 0) is 14.3 Å². The van der Waals surface area contributed by atoms with Gasteiger partial charge < -0.3 is 19.5 Å². The largest absolute Gasteiger partial charge is 0.462 e. The molecule has 1 rings (SSSR count). The van der Waals surface area contributed by atoms with E-state index in [-0.39, 0.29) is 6.61 Å². The summed E-state index contributed by atoms with van der Waals surface area (Å²) in [5.74, 6) is -0.610. The summed E-state index contributed by atoms with van der Waals surface area (Å²) >= 11 is 0. The van der Waals surface area contributed by atoms with Crippen molar-refractivity contribution in [3.05, 3.63) is 0 Å². The van der Waals surface area contributed by atoms with Crippen LogP contribution >= 0.6 is 0 Å². The number of carbonyl (C=O) groups excluding carboxylic acids is 1. The van der Waals surface area contributed by atoms with Crippen molar-refractivity contribution in [2.75, 3.05) is 60.1 Å². The Morgan fingerprint density at radius 2 is 2.00 bits per heavy atom. The van der Waals surface area contributed by atoms with Crippen LogP contribution in [0.5, 0.6) is 0 Å². The van der Waals surface area contributed by atoms with Crippen molar-refractivity contribution >= 4 is 5.97 Å². The highest BCUT2D eigenvalue weighted by Crippen LogP contribution is 1.99. The number of aliphatic hydroxyl groups excluding tert-OH is 1. The maximum absolute atomic E-state index is 11.2. The van der Waals surface area contributed by atoms with Gasteiger partial charge in [0.05, 0.1) is 6.61 Å². The smallest absolute Gasteiger partial charge is 0.337 e. The van der Waals surface area contributed by atoms with Gasteiger partial charge in [-0.05, 0) is 7.05 Å². The molecule has 0 radical (unpaired) electrons. The average Bonchev–Trinajstić information content (AvgIpc) is 2.32. The summed E-state index contributed by atoms with van der Waals surface area (Å²) in [5, 5.41) is 9.27. The van der Waals surface area contributed by atoms with Crippen LogP contribution in [0, 0.1) is 0 Å². The normalized spacial score (nSPS) is 20.2. The fourth-order valence-corrected chi connectivity index (χ4v) is 1.67. The number of carbonyl (C=O) groups is 1. The Labute approximate surface area is 102 Å². The maximum atomic E-state index is 11.2. The van der Waals surface area contributed by atoms with Crippen LogP contribution in [0.4, 0.5) is 0 Å². The van der Waals surface area contributed by atoms with Gasteiger partial charge in [0, 0.05) is 39.8 Å². The topological polar surface area (TPSA) is 62.2 Å². The van der Waals surface area contributed by atoms with Crippen LogP contribution < -0.4 is 0 Å². The SMILES string of the molecule is COCC(O)C(=O)OCCN1CCN(C)CC1. The first-order valence-corrected chi connectivity index (χ1v) is 5.88. The van der Waals surface area contributed by atoms with Crippen molar-refractivity contribution in [3.8, 4) is 0 Å². The molecule has 1 atom stereocenters. The molecule has 1 fully saturated rings. The van der Waals surface area contributed by atoms with E-state index in [1.807, 2.05) is 0 Å². The Hall–Kier alpha value is -0.690. The van der Waals surface area contributed by atoms with Crippen LogP contribution in [0.2, 0.25) is 0 Å². The molecule has 0 saturated carbocycles. The van der Waals surface area contributed by atoms with E-state index in [9.17, 15) is 9.90 Å². The van der Waals surface area contributed by atoms with Crippen LogP contribution in [-0.4, -0.2) is 87.1 Å². The van der Waals surface area contributed by atoms with Gasteiger partial charge in [0.15, 0.2) is 6.10 Å². The monoisotopic (exact) mass is 246 g/mol. The van der Waals surface area contributed by atoms with Crippen molar-refractivity contribution in [3.63, 3.8) is 0 Å². The Morgan fingerprint density at radius 3 is 2.59 bits per heavy atom. The molecule has 1 unspecified atom stereocenters. The van der Waals surface area contributed by atoms with Gasteiger partial charge in [0.25, 0.3) is 0 Å². The van der Waals surface area contributed by atoms with Crippen molar-refractivity contribution < 1.29 is 19.4 Å². The number of likely N-dealkylation sites (N-methyl/N-ethyl adjacent to an activating group) is 1. The van der Waals surface area contributed by atoms with E-state index >= 15 is 0 Å². The molecule has 1 aliphatic heterocycles. The molecule has 1 saturated heterocycles. The van der Waals surface area contributed by atoms with Crippen molar-refractivity contribution in [2.24, 2.45) is 0 Å². The zero-order valence-electron chi connectivity index (χ0n) is 10.6. The summed E-state index contributed by atoms with van der Waals surface area (Å²) in [6.07, 6.45) is -1.17. The van der Waals surface area contributed by atoms with Gasteiger partial charge in [-0.15, -0.1) is 0 Å². The standard InChI is InChI=1S/C11H22N2O4/c1-12-3-5-13(6-4-12)7-8-17-11(15)10(14)9-16-2/h10,14H,3-9H2,1-2H3. The van der Waals surface area contributed by atoms with E-state index in [2.05, 4.69) is 21.6 Å². The Morgan fingerprint density at radius 1 is 1.35 bits per heavy atom. The predicted octanol–water partition coefficient (Wildman–Crippen LogP) is -1.22. The molecule has 0 aromatic carbocycles. The van der Waals surface area contributed by atoms with Gasteiger partial charge in [-0.3, -0.25) is 4.90 Å². The van der Waals surface area contributed by atoms with E-state index in [1.165, 1.54) is 7.11 Å². The second-order valence-corrected chi connectivity index (χ2v) is 4.28. The minimum atomic E-state index is -1.17. The number of hydrogen-bond donors (Lipinski definition) is 1. The fraction of sp³-hybridized carbons (Fsp3) is 0.909. The molecule has 0 aromatic rings. The number of aliphatic hydroxyl groups is 1. The van der Waals surface area contributed by atoms with Crippen LogP contribution in [0.25, 0.3) is 0 Å². The van der Waals surface area contributed by atoms with Crippen molar-refractivity contribution in [2.45, 2.75) is 6.10 Å². The summed E-state index contributed by atoms with van der Waals surface area (Å²) in [6, 6.07) is 0. The van der Waals surface area contributed by atoms with E-state index < -0.39 is 12.1 Å². The number of rotatable bonds is 6. The number of piperazine rings is 1. The van der Waals surface area contributed by atoms with E-state index in [1.54, 1.807) is 0 Å². The van der Waals surface area contributed by atoms with Gasteiger partial charge in [0.1, 0.15) is 6.61 Å². The Balaban J connectivity index is 2.09.